The van der Waals surface area contributed by atoms with Gasteiger partial charge in [0, 0.05) is 139 Å². The summed E-state index contributed by atoms with van der Waals surface area (Å²) in [4.78, 5) is 0. The molecule has 0 spiro atoms. The largest absolute Gasteiger partial charge is 0.456 e. The van der Waals surface area contributed by atoms with Gasteiger partial charge in [0.1, 0.15) is 11.2 Å². The van der Waals surface area contributed by atoms with Crippen LogP contribution in [0.3, 0.4) is 0 Å². The van der Waals surface area contributed by atoms with Crippen LogP contribution in [-0.4, -0.2) is 22.8 Å². The molecule has 0 aliphatic carbocycles. The molecule has 25 aromatic rings. The minimum absolute atomic E-state index is 0.127. The van der Waals surface area contributed by atoms with Crippen molar-refractivity contribution >= 4 is 194 Å². The van der Waals surface area contributed by atoms with E-state index in [1.807, 2.05) is 34.8 Å². The average Bonchev–Trinajstić information content (AvgIpc) is 1.55. The number of hydrogen-bond acceptors (Lipinski definition) is 3. The number of nitrogens with zero attached hydrogens (tertiary/aromatic N) is 5. The molecule has 8 aromatic heterocycles. The molecule has 0 aliphatic rings. The molecule has 25 rings (SSSR count). The van der Waals surface area contributed by atoms with E-state index in [-0.39, 0.29) is 21.7 Å². The topological polar surface area (TPSA) is 37.8 Å². The second kappa shape index (κ2) is 29.9. The van der Waals surface area contributed by atoms with Crippen LogP contribution in [0, 0.1) is 0 Å². The summed E-state index contributed by atoms with van der Waals surface area (Å²) in [5.41, 5.74) is 26.2. The lowest BCUT2D eigenvalue weighted by atomic mass is 9.87. The summed E-state index contributed by atoms with van der Waals surface area (Å²) in [7, 11) is 0. The lowest BCUT2D eigenvalue weighted by Gasteiger charge is -2.19. The van der Waals surface area contributed by atoms with Gasteiger partial charge in [-0.15, -0.1) is 22.7 Å². The Morgan fingerprint density at radius 3 is 0.921 bits per heavy atom. The standard InChI is InChI=1S/C34H28N2.C28H23NO.2C28H23NS/c1-34(2,3)23-17-19-25(20-18-23)36-31-16-10-8-14-27(31)29-21-28-26-13-7-9-15-30(26)35(32(28)22-33(29)36)24-11-5-4-6-12-24;1-28(2,3)18-12-14-19(15-13-18)29-24-10-6-4-8-20(24)22-16-23-21-9-5-7-11-26(21)30-27(23)17-25(22)29;1-28(2,3)18-12-14-19(15-13-18)29-23-10-6-4-9-22(23)26-24(29)17-16-21-20-8-5-7-11-25(20)30-27(21)26;1-28(2,3)18-12-14-19(15-13-18)29-24-10-6-4-8-20(24)22-16-23-21-9-5-7-11-26(21)30-27(23)17-25(22)29/h4-22H,1-3H3;3*4-17H,1-3H3. The molecule has 0 bridgehead atoms. The molecule has 0 aliphatic heterocycles. The van der Waals surface area contributed by atoms with Crippen molar-refractivity contribution < 1.29 is 4.42 Å². The Morgan fingerprint density at radius 1 is 0.183 bits per heavy atom. The number of aromatic nitrogens is 5. The number of para-hydroxylation sites is 7. The van der Waals surface area contributed by atoms with Crippen LogP contribution >= 0.6 is 22.7 Å². The summed E-state index contributed by atoms with van der Waals surface area (Å²) in [5, 5.41) is 20.7. The molecule has 6 nitrogen and oxygen atoms in total. The Balaban J connectivity index is 0.0000000997. The lowest BCUT2D eigenvalue weighted by molar-refractivity contribution is 0.590. The Kier molecular flexibility index (Phi) is 18.5. The highest BCUT2D eigenvalue weighted by molar-refractivity contribution is 7.27. The third kappa shape index (κ3) is 13.2. The maximum absolute atomic E-state index is 6.20. The summed E-state index contributed by atoms with van der Waals surface area (Å²) >= 11 is 3.79. The number of rotatable bonds is 5. The van der Waals surface area contributed by atoms with Gasteiger partial charge in [-0.2, -0.15) is 0 Å². The first-order valence-corrected chi connectivity index (χ1v) is 45.7. The van der Waals surface area contributed by atoms with Gasteiger partial charge in [0.25, 0.3) is 0 Å². The second-order valence-corrected chi connectivity index (χ2v) is 40.2. The SMILES string of the molecule is CC(C)(C)c1ccc(-n2c3ccccc3c3c4sc5ccccc5c4ccc32)cc1.CC(C)(C)c1ccc(-n2c3ccccc3c3cc4c(cc32)oc2ccccc24)cc1.CC(C)(C)c1ccc(-n2c3ccccc3c3cc4c(cc32)sc2ccccc24)cc1.CC(C)(C)c1ccc(-n2c3ccccc3c3cc4c5ccccc5n(-c5ccccc5)c4cc32)cc1. The highest BCUT2D eigenvalue weighted by Gasteiger charge is 2.26. The third-order valence-corrected chi connectivity index (χ3v) is 28.3. The monoisotopic (exact) mass is 1660 g/mol. The predicted octanol–water partition coefficient (Wildman–Crippen LogP) is 34.1. The van der Waals surface area contributed by atoms with Crippen LogP contribution < -0.4 is 0 Å². The van der Waals surface area contributed by atoms with Crippen molar-refractivity contribution in [3.05, 3.63) is 392 Å². The van der Waals surface area contributed by atoms with Crippen LogP contribution in [0.25, 0.3) is 200 Å². The minimum atomic E-state index is 0.127. The molecular weight excluding hydrogens is 1570 g/mol. The predicted molar refractivity (Wildman–Crippen MR) is 545 cm³/mol. The van der Waals surface area contributed by atoms with Crippen LogP contribution in [-0.2, 0) is 21.7 Å². The van der Waals surface area contributed by atoms with Crippen LogP contribution in [0.15, 0.2) is 374 Å². The lowest BCUT2D eigenvalue weighted by Crippen LogP contribution is -2.10. The minimum Gasteiger partial charge on any atom is -0.456 e. The zero-order valence-electron chi connectivity index (χ0n) is 73.2. The molecule has 612 valence electrons. The Morgan fingerprint density at radius 2 is 0.492 bits per heavy atom. The summed E-state index contributed by atoms with van der Waals surface area (Å²) in [6, 6.07) is 135. The number of furan rings is 1. The van der Waals surface area contributed by atoms with Crippen molar-refractivity contribution in [2.24, 2.45) is 0 Å². The Labute approximate surface area is 741 Å². The molecule has 0 amide bonds. The molecule has 0 N–H and O–H groups in total. The van der Waals surface area contributed by atoms with Gasteiger partial charge in [0.05, 0.1) is 55.2 Å². The summed E-state index contributed by atoms with van der Waals surface area (Å²) < 4.78 is 23.6. The van der Waals surface area contributed by atoms with Gasteiger partial charge in [-0.1, -0.05) is 301 Å². The molecule has 8 heterocycles. The van der Waals surface area contributed by atoms with E-state index in [0.717, 1.165) is 11.2 Å². The van der Waals surface area contributed by atoms with Gasteiger partial charge in [-0.05, 0) is 190 Å². The first-order valence-electron chi connectivity index (χ1n) is 44.0. The van der Waals surface area contributed by atoms with E-state index in [2.05, 4.69) is 464 Å². The average molecular weight is 1670 g/mol. The molecule has 17 aromatic carbocycles. The quantitative estimate of drug-likeness (QED) is 0.169. The van der Waals surface area contributed by atoms with Crippen molar-refractivity contribution in [2.75, 3.05) is 0 Å². The van der Waals surface area contributed by atoms with E-state index in [1.165, 1.54) is 211 Å². The Hall–Kier alpha value is -14.0. The van der Waals surface area contributed by atoms with E-state index in [0.29, 0.717) is 0 Å². The van der Waals surface area contributed by atoms with Crippen molar-refractivity contribution in [1.82, 2.24) is 22.8 Å². The summed E-state index contributed by atoms with van der Waals surface area (Å²) in [6.07, 6.45) is 0. The van der Waals surface area contributed by atoms with Gasteiger partial charge in [0.15, 0.2) is 0 Å². The van der Waals surface area contributed by atoms with E-state index in [4.69, 9.17) is 4.42 Å². The van der Waals surface area contributed by atoms with Gasteiger partial charge in [-0.25, -0.2) is 0 Å². The van der Waals surface area contributed by atoms with Crippen LogP contribution in [0.1, 0.15) is 105 Å². The van der Waals surface area contributed by atoms with Gasteiger partial charge < -0.3 is 27.3 Å². The molecule has 0 radical (unpaired) electrons. The molecule has 0 saturated carbocycles. The summed E-state index contributed by atoms with van der Waals surface area (Å²) in [6.45, 7) is 27.1. The van der Waals surface area contributed by atoms with E-state index >= 15 is 0 Å². The molecule has 8 heteroatoms. The molecule has 0 fully saturated rings. The summed E-state index contributed by atoms with van der Waals surface area (Å²) in [5.74, 6) is 0. The zero-order chi connectivity index (χ0) is 85.8. The van der Waals surface area contributed by atoms with E-state index in [9.17, 15) is 0 Å². The molecular formula is C118H97N5OS2. The fourth-order valence-corrected chi connectivity index (χ4v) is 21.8. The van der Waals surface area contributed by atoms with Crippen molar-refractivity contribution in [1.29, 1.82) is 0 Å². The fourth-order valence-electron chi connectivity index (χ4n) is 19.5. The highest BCUT2D eigenvalue weighted by Crippen LogP contribution is 2.48. The van der Waals surface area contributed by atoms with E-state index in [1.54, 1.807) is 0 Å². The number of hydrogen-bond donors (Lipinski definition) is 0. The van der Waals surface area contributed by atoms with Gasteiger partial charge in [-0.3, -0.25) is 0 Å². The fraction of sp³-hybridized carbons (Fsp3) is 0.136. The number of benzene rings is 17. The third-order valence-electron chi connectivity index (χ3n) is 26.0. The normalized spacial score (nSPS) is 12.4. The maximum Gasteiger partial charge on any atom is 0.137 e. The van der Waals surface area contributed by atoms with Crippen LogP contribution in [0.2, 0.25) is 0 Å². The molecule has 0 unspecified atom stereocenters. The Bertz CT molecular complexity index is 8240. The maximum atomic E-state index is 6.20. The molecule has 0 atom stereocenters. The van der Waals surface area contributed by atoms with Crippen LogP contribution in [0.4, 0.5) is 0 Å². The van der Waals surface area contributed by atoms with Crippen LogP contribution in [0.5, 0.6) is 0 Å². The second-order valence-electron chi connectivity index (χ2n) is 38.0. The van der Waals surface area contributed by atoms with Crippen molar-refractivity contribution in [3.8, 4) is 28.4 Å². The van der Waals surface area contributed by atoms with E-state index < -0.39 is 0 Å². The number of fused-ring (bicyclic) bond motifs is 25. The molecule has 126 heavy (non-hydrogen) atoms. The highest BCUT2D eigenvalue weighted by atomic mass is 32.1. The smallest absolute Gasteiger partial charge is 0.137 e. The van der Waals surface area contributed by atoms with Crippen molar-refractivity contribution in [2.45, 2.75) is 105 Å². The molecule has 0 saturated heterocycles. The zero-order valence-corrected chi connectivity index (χ0v) is 74.8. The first kappa shape index (κ1) is 78.0. The first-order chi connectivity index (χ1) is 61.0. The van der Waals surface area contributed by atoms with Gasteiger partial charge in [0.2, 0.25) is 0 Å². The van der Waals surface area contributed by atoms with Crippen molar-refractivity contribution in [3.63, 3.8) is 0 Å². The number of thiophene rings is 2. The van der Waals surface area contributed by atoms with Gasteiger partial charge >= 0.3 is 0 Å².